The average molecular weight is 303 g/mol. The molecule has 1 aromatic rings. The van der Waals surface area contributed by atoms with Gasteiger partial charge in [0.1, 0.15) is 5.82 Å². The van der Waals surface area contributed by atoms with E-state index in [2.05, 4.69) is 17.3 Å². The van der Waals surface area contributed by atoms with Crippen LogP contribution in [0.25, 0.3) is 0 Å². The molecule has 1 aromatic heterocycles. The van der Waals surface area contributed by atoms with E-state index >= 15 is 0 Å². The Bertz CT molecular complexity index is 574. The first-order valence-electron chi connectivity index (χ1n) is 8.19. The number of likely N-dealkylation sites (N-methyl/N-ethyl adjacent to an activating group) is 1. The highest BCUT2D eigenvalue weighted by Crippen LogP contribution is 2.33. The first kappa shape index (κ1) is 15.2. The highest BCUT2D eigenvalue weighted by atomic mass is 16.2. The molecule has 0 unspecified atom stereocenters. The van der Waals surface area contributed by atoms with Crippen LogP contribution in [0.3, 0.4) is 0 Å². The van der Waals surface area contributed by atoms with Gasteiger partial charge in [-0.2, -0.15) is 0 Å². The van der Waals surface area contributed by atoms with E-state index in [1.165, 1.54) is 5.56 Å². The Morgan fingerprint density at radius 1 is 1.36 bits per heavy atom. The number of anilines is 1. The van der Waals surface area contributed by atoms with Crippen molar-refractivity contribution in [3.8, 4) is 0 Å². The summed E-state index contributed by atoms with van der Waals surface area (Å²) < 4.78 is 0. The lowest BCUT2D eigenvalue weighted by Gasteiger charge is -2.28. The second-order valence-corrected chi connectivity index (χ2v) is 6.19. The van der Waals surface area contributed by atoms with E-state index in [0.29, 0.717) is 6.42 Å². The molecule has 3 rings (SSSR count). The molecule has 0 spiro atoms. The summed E-state index contributed by atoms with van der Waals surface area (Å²) in [5.41, 5.74) is 2.34. The number of nitrogens with zero attached hydrogens (tertiary/aromatic N) is 4. The van der Waals surface area contributed by atoms with E-state index in [1.807, 2.05) is 18.9 Å². The highest BCUT2D eigenvalue weighted by molar-refractivity contribution is 5.76. The average Bonchev–Trinajstić information content (AvgIpc) is 3.02. The van der Waals surface area contributed by atoms with Crippen LogP contribution >= 0.6 is 0 Å². The summed E-state index contributed by atoms with van der Waals surface area (Å²) in [6.45, 7) is 4.63. The van der Waals surface area contributed by atoms with Gasteiger partial charge in [-0.05, 0) is 26.3 Å². The molecule has 1 amide bonds. The minimum Gasteiger partial charge on any atom is -0.373 e. The van der Waals surface area contributed by atoms with Crippen molar-refractivity contribution in [2.24, 2.45) is 0 Å². The maximum Gasteiger partial charge on any atom is 0.222 e. The zero-order chi connectivity index (χ0) is 15.7. The molecule has 0 aromatic carbocycles. The Hall–Kier alpha value is -1.69. The Balaban J connectivity index is 1.97. The molecule has 1 N–H and O–H groups in total. The van der Waals surface area contributed by atoms with Gasteiger partial charge in [-0.3, -0.25) is 4.79 Å². The molecule has 0 bridgehead atoms. The highest BCUT2D eigenvalue weighted by Gasteiger charge is 2.32. The SMILES string of the molecule is CCC(=O)N1CCC[C@H]1c1nc2c(c(NC)n1)CCN(C)C2. The fraction of sp³-hybridized carbons (Fsp3) is 0.688. The van der Waals surface area contributed by atoms with Crippen LogP contribution in [0.2, 0.25) is 0 Å². The van der Waals surface area contributed by atoms with Crippen molar-refractivity contribution in [2.75, 3.05) is 32.5 Å². The molecule has 1 atom stereocenters. The van der Waals surface area contributed by atoms with Gasteiger partial charge in [0, 0.05) is 38.7 Å². The van der Waals surface area contributed by atoms with Crippen LogP contribution in [-0.4, -0.2) is 52.9 Å². The standard InChI is InChI=1S/C16H25N5O/c1-4-14(22)21-8-5-6-13(21)16-18-12-10-20(3)9-7-11(12)15(17-2)19-16/h13H,4-10H2,1-3H3,(H,17,18,19)/t13-/m0/s1. The van der Waals surface area contributed by atoms with Crippen molar-refractivity contribution in [3.05, 3.63) is 17.1 Å². The fourth-order valence-electron chi connectivity index (χ4n) is 3.47. The van der Waals surface area contributed by atoms with E-state index < -0.39 is 0 Å². The van der Waals surface area contributed by atoms with Crippen LogP contribution in [0.1, 0.15) is 49.3 Å². The van der Waals surface area contributed by atoms with Gasteiger partial charge in [0.2, 0.25) is 5.91 Å². The number of hydrogen-bond donors (Lipinski definition) is 1. The van der Waals surface area contributed by atoms with Crippen LogP contribution in [0.15, 0.2) is 0 Å². The first-order chi connectivity index (χ1) is 10.6. The number of nitrogens with one attached hydrogen (secondary N) is 1. The van der Waals surface area contributed by atoms with Gasteiger partial charge in [0.25, 0.3) is 0 Å². The predicted octanol–water partition coefficient (Wildman–Crippen LogP) is 1.58. The van der Waals surface area contributed by atoms with E-state index in [9.17, 15) is 4.79 Å². The summed E-state index contributed by atoms with van der Waals surface area (Å²) in [6.07, 6.45) is 3.52. The maximum atomic E-state index is 12.1. The third kappa shape index (κ3) is 2.67. The molecule has 1 saturated heterocycles. The lowest BCUT2D eigenvalue weighted by Crippen LogP contribution is -2.33. The van der Waals surface area contributed by atoms with Gasteiger partial charge in [0.15, 0.2) is 5.82 Å². The summed E-state index contributed by atoms with van der Waals surface area (Å²) in [7, 11) is 4.03. The molecule has 3 heterocycles. The zero-order valence-electron chi connectivity index (χ0n) is 13.7. The lowest BCUT2D eigenvalue weighted by molar-refractivity contribution is -0.131. The number of fused-ring (bicyclic) bond motifs is 1. The number of carbonyl (C=O) groups is 1. The van der Waals surface area contributed by atoms with Crippen molar-refractivity contribution < 1.29 is 4.79 Å². The van der Waals surface area contributed by atoms with Crippen molar-refractivity contribution in [2.45, 2.75) is 45.2 Å². The fourth-order valence-corrected chi connectivity index (χ4v) is 3.47. The summed E-state index contributed by atoms with van der Waals surface area (Å²) in [6, 6.07) is 0.0390. The Kier molecular flexibility index (Phi) is 4.29. The van der Waals surface area contributed by atoms with Gasteiger partial charge in [-0.1, -0.05) is 6.92 Å². The summed E-state index contributed by atoms with van der Waals surface area (Å²) in [4.78, 5) is 26.0. The molecule has 0 saturated carbocycles. The molecule has 0 aliphatic carbocycles. The summed E-state index contributed by atoms with van der Waals surface area (Å²) in [5.74, 6) is 1.94. The van der Waals surface area contributed by atoms with E-state index in [4.69, 9.17) is 9.97 Å². The third-order valence-electron chi connectivity index (χ3n) is 4.68. The van der Waals surface area contributed by atoms with Crippen molar-refractivity contribution in [1.29, 1.82) is 0 Å². The van der Waals surface area contributed by atoms with Crippen LogP contribution in [0, 0.1) is 0 Å². The van der Waals surface area contributed by atoms with Crippen molar-refractivity contribution in [3.63, 3.8) is 0 Å². The van der Waals surface area contributed by atoms with E-state index in [-0.39, 0.29) is 11.9 Å². The largest absolute Gasteiger partial charge is 0.373 e. The van der Waals surface area contributed by atoms with Gasteiger partial charge >= 0.3 is 0 Å². The number of likely N-dealkylation sites (tertiary alicyclic amines) is 1. The molecule has 120 valence electrons. The van der Waals surface area contributed by atoms with Crippen LogP contribution in [0.5, 0.6) is 0 Å². The van der Waals surface area contributed by atoms with Gasteiger partial charge in [-0.25, -0.2) is 9.97 Å². The Morgan fingerprint density at radius 3 is 2.91 bits per heavy atom. The van der Waals surface area contributed by atoms with Crippen LogP contribution in [0.4, 0.5) is 5.82 Å². The Labute approximate surface area is 131 Å². The number of aromatic nitrogens is 2. The molecular weight excluding hydrogens is 278 g/mol. The number of amides is 1. The zero-order valence-corrected chi connectivity index (χ0v) is 13.7. The minimum absolute atomic E-state index is 0.0390. The lowest BCUT2D eigenvalue weighted by atomic mass is 10.0. The third-order valence-corrected chi connectivity index (χ3v) is 4.68. The molecule has 2 aliphatic rings. The van der Waals surface area contributed by atoms with Crippen molar-refractivity contribution in [1.82, 2.24) is 19.8 Å². The summed E-state index contributed by atoms with van der Waals surface area (Å²) in [5, 5.41) is 3.22. The molecule has 2 aliphatic heterocycles. The predicted molar refractivity (Wildman–Crippen MR) is 85.6 cm³/mol. The molecule has 1 fully saturated rings. The second-order valence-electron chi connectivity index (χ2n) is 6.19. The number of rotatable bonds is 3. The van der Waals surface area contributed by atoms with E-state index in [1.54, 1.807) is 0 Å². The quantitative estimate of drug-likeness (QED) is 0.918. The van der Waals surface area contributed by atoms with Gasteiger partial charge in [-0.15, -0.1) is 0 Å². The first-order valence-corrected chi connectivity index (χ1v) is 8.19. The molecule has 6 nitrogen and oxygen atoms in total. The number of hydrogen-bond acceptors (Lipinski definition) is 5. The topological polar surface area (TPSA) is 61.4 Å². The summed E-state index contributed by atoms with van der Waals surface area (Å²) >= 11 is 0. The Morgan fingerprint density at radius 2 is 2.18 bits per heavy atom. The second kappa shape index (κ2) is 6.20. The maximum absolute atomic E-state index is 12.1. The minimum atomic E-state index is 0.0390. The molecule has 22 heavy (non-hydrogen) atoms. The number of carbonyl (C=O) groups excluding carboxylic acids is 1. The van der Waals surface area contributed by atoms with Crippen molar-refractivity contribution >= 4 is 11.7 Å². The smallest absolute Gasteiger partial charge is 0.222 e. The normalized spacial score (nSPS) is 21.8. The molecule has 0 radical (unpaired) electrons. The van der Waals surface area contributed by atoms with E-state index in [0.717, 1.165) is 56.2 Å². The van der Waals surface area contributed by atoms with Crippen LogP contribution in [-0.2, 0) is 17.8 Å². The van der Waals surface area contributed by atoms with Gasteiger partial charge < -0.3 is 15.1 Å². The molecule has 6 heteroatoms. The van der Waals surface area contributed by atoms with Gasteiger partial charge in [0.05, 0.1) is 11.7 Å². The van der Waals surface area contributed by atoms with Crippen LogP contribution < -0.4 is 5.32 Å². The monoisotopic (exact) mass is 303 g/mol. The molecular formula is C16H25N5O.